The average Bonchev–Trinajstić information content (AvgIpc) is 2.71. The number of anilines is 1. The fourth-order valence-electron chi connectivity index (χ4n) is 3.47. The van der Waals surface area contributed by atoms with Crippen molar-refractivity contribution in [1.82, 2.24) is 4.31 Å². The number of aliphatic hydroxyl groups excluding tert-OH is 1. The van der Waals surface area contributed by atoms with Crippen LogP contribution in [0.5, 0.6) is 0 Å². The molecule has 3 rings (SSSR count). The molecule has 30 heavy (non-hydrogen) atoms. The predicted octanol–water partition coefficient (Wildman–Crippen LogP) is 2.28. The lowest BCUT2D eigenvalue weighted by Crippen LogP contribution is -2.47. The molecule has 1 heterocycles. The van der Waals surface area contributed by atoms with Crippen molar-refractivity contribution in [3.8, 4) is 0 Å². The third-order valence-electron chi connectivity index (χ3n) is 5.38. The fourth-order valence-corrected chi connectivity index (χ4v) is 4.96. The summed E-state index contributed by atoms with van der Waals surface area (Å²) in [4.78, 5) is 12.5. The van der Waals surface area contributed by atoms with Crippen LogP contribution in [0.4, 0.5) is 10.1 Å². The number of sulfonamides is 1. The second-order valence-corrected chi connectivity index (χ2v) is 9.49. The number of aryl methyl sites for hydroxylation is 1. The Morgan fingerprint density at radius 3 is 2.53 bits per heavy atom. The number of benzene rings is 2. The average molecular weight is 437 g/mol. The first-order valence-corrected chi connectivity index (χ1v) is 11.1. The summed E-state index contributed by atoms with van der Waals surface area (Å²) in [6.45, 7) is 1.68. The minimum Gasteiger partial charge on any atom is -0.396 e. The van der Waals surface area contributed by atoms with E-state index >= 15 is 0 Å². The van der Waals surface area contributed by atoms with Crippen LogP contribution in [-0.2, 0) is 10.0 Å². The van der Waals surface area contributed by atoms with Crippen molar-refractivity contribution in [3.63, 3.8) is 0 Å². The quantitative estimate of drug-likeness (QED) is 0.644. The fraction of sp³-hybridized carbons (Fsp3) is 0.381. The van der Waals surface area contributed by atoms with Gasteiger partial charge in [-0.15, -0.1) is 0 Å². The normalized spacial score (nSPS) is 16.9. The number of nitrogens with zero attached hydrogens (tertiary/aromatic N) is 1. The van der Waals surface area contributed by atoms with Crippen molar-refractivity contribution >= 4 is 21.6 Å². The second kappa shape index (κ2) is 8.81. The van der Waals surface area contributed by atoms with Crippen molar-refractivity contribution in [2.45, 2.75) is 36.7 Å². The van der Waals surface area contributed by atoms with Crippen LogP contribution < -0.4 is 5.32 Å². The highest BCUT2D eigenvalue weighted by atomic mass is 32.2. The third-order valence-corrected chi connectivity index (χ3v) is 7.27. The summed E-state index contributed by atoms with van der Waals surface area (Å²) in [6.07, 6.45) is 0.674. The van der Waals surface area contributed by atoms with Crippen LogP contribution in [0.2, 0.25) is 0 Å². The number of halogens is 1. The minimum absolute atomic E-state index is 0.0157. The van der Waals surface area contributed by atoms with E-state index in [1.807, 2.05) is 0 Å². The van der Waals surface area contributed by atoms with E-state index in [2.05, 4.69) is 5.32 Å². The second-order valence-electron chi connectivity index (χ2n) is 7.55. The topological polar surface area (TPSA) is 107 Å². The summed E-state index contributed by atoms with van der Waals surface area (Å²) < 4.78 is 40.7. The molecule has 1 fully saturated rings. The summed E-state index contributed by atoms with van der Waals surface area (Å²) in [5.41, 5.74) is -0.107. The molecular weight excluding hydrogens is 411 g/mol. The Morgan fingerprint density at radius 1 is 1.20 bits per heavy atom. The van der Waals surface area contributed by atoms with Crippen molar-refractivity contribution < 1.29 is 27.8 Å². The lowest BCUT2D eigenvalue weighted by molar-refractivity contribution is -0.0234. The van der Waals surface area contributed by atoms with E-state index in [4.69, 9.17) is 5.11 Å². The Balaban J connectivity index is 1.75. The lowest BCUT2D eigenvalue weighted by atomic mass is 9.89. The number of piperidine rings is 1. The molecule has 0 spiro atoms. The molecule has 0 bridgehead atoms. The highest BCUT2D eigenvalue weighted by molar-refractivity contribution is 7.89. The van der Waals surface area contributed by atoms with Gasteiger partial charge in [-0.25, -0.2) is 12.8 Å². The Kier molecular flexibility index (Phi) is 6.56. The van der Waals surface area contributed by atoms with E-state index in [1.165, 1.54) is 46.8 Å². The molecule has 0 unspecified atom stereocenters. The molecule has 1 aliphatic heterocycles. The van der Waals surface area contributed by atoms with Gasteiger partial charge in [-0.3, -0.25) is 4.79 Å². The molecule has 9 heteroatoms. The molecule has 1 aliphatic rings. The van der Waals surface area contributed by atoms with Gasteiger partial charge in [0.1, 0.15) is 5.82 Å². The minimum atomic E-state index is -3.84. The van der Waals surface area contributed by atoms with Crippen molar-refractivity contribution in [1.29, 1.82) is 0 Å². The first kappa shape index (κ1) is 22.4. The summed E-state index contributed by atoms with van der Waals surface area (Å²) in [5, 5.41) is 22.1. The highest BCUT2D eigenvalue weighted by Gasteiger charge is 2.36. The number of hydrogen-bond acceptors (Lipinski definition) is 5. The van der Waals surface area contributed by atoms with Gasteiger partial charge >= 0.3 is 0 Å². The van der Waals surface area contributed by atoms with Crippen molar-refractivity contribution in [2.75, 3.05) is 25.0 Å². The van der Waals surface area contributed by atoms with Crippen molar-refractivity contribution in [2.24, 2.45) is 0 Å². The molecule has 0 aromatic heterocycles. The van der Waals surface area contributed by atoms with Gasteiger partial charge in [0.2, 0.25) is 10.0 Å². The van der Waals surface area contributed by atoms with E-state index in [-0.39, 0.29) is 55.2 Å². The monoisotopic (exact) mass is 436 g/mol. The first-order chi connectivity index (χ1) is 14.1. The van der Waals surface area contributed by atoms with Gasteiger partial charge in [0.05, 0.1) is 10.5 Å². The summed E-state index contributed by atoms with van der Waals surface area (Å²) in [6, 6.07) is 9.89. The maximum atomic E-state index is 13.4. The van der Waals surface area contributed by atoms with Crippen LogP contribution in [0.25, 0.3) is 0 Å². The van der Waals surface area contributed by atoms with Gasteiger partial charge < -0.3 is 15.5 Å². The van der Waals surface area contributed by atoms with E-state index in [9.17, 15) is 22.7 Å². The number of carbonyl (C=O) groups is 1. The Labute approximate surface area is 175 Å². The molecule has 1 amide bonds. The van der Waals surface area contributed by atoms with E-state index in [0.717, 1.165) is 0 Å². The summed E-state index contributed by atoms with van der Waals surface area (Å²) >= 11 is 0. The standard InChI is InChI=1S/C21H25FN2O5S/c1-15-13-17(5-6-19(15)22)23-20(26)16-3-2-4-18(14-16)30(28,29)24-10-7-21(27,8-11-24)9-12-25/h2-6,13-14,25,27H,7-12H2,1H3,(H,23,26). The van der Waals surface area contributed by atoms with Gasteiger partial charge in [0.15, 0.2) is 0 Å². The third kappa shape index (κ3) is 4.86. The molecule has 3 N–H and O–H groups in total. The lowest BCUT2D eigenvalue weighted by Gasteiger charge is -2.37. The molecular formula is C21H25FN2O5S. The zero-order chi connectivity index (χ0) is 21.9. The number of nitrogens with one attached hydrogen (secondary N) is 1. The molecule has 0 aliphatic carbocycles. The van der Waals surface area contributed by atoms with Gasteiger partial charge in [0.25, 0.3) is 5.91 Å². The maximum absolute atomic E-state index is 13.4. The van der Waals surface area contributed by atoms with Gasteiger partial charge in [-0.2, -0.15) is 4.31 Å². The SMILES string of the molecule is Cc1cc(NC(=O)c2cccc(S(=O)(=O)N3CCC(O)(CCO)CC3)c2)ccc1F. The molecule has 0 radical (unpaired) electrons. The molecule has 0 saturated carbocycles. The van der Waals surface area contributed by atoms with Crippen LogP contribution in [0, 0.1) is 12.7 Å². The Morgan fingerprint density at radius 2 is 1.90 bits per heavy atom. The van der Waals surface area contributed by atoms with Crippen LogP contribution in [0.1, 0.15) is 35.2 Å². The van der Waals surface area contributed by atoms with Crippen LogP contribution >= 0.6 is 0 Å². The van der Waals surface area contributed by atoms with Gasteiger partial charge in [-0.05, 0) is 68.1 Å². The number of aliphatic hydroxyl groups is 2. The molecule has 0 atom stereocenters. The molecule has 2 aromatic carbocycles. The molecule has 162 valence electrons. The number of rotatable bonds is 6. The van der Waals surface area contributed by atoms with Crippen LogP contribution in [0.15, 0.2) is 47.4 Å². The van der Waals surface area contributed by atoms with Gasteiger partial charge in [0, 0.05) is 30.9 Å². The van der Waals surface area contributed by atoms with Crippen molar-refractivity contribution in [3.05, 3.63) is 59.4 Å². The molecule has 1 saturated heterocycles. The predicted molar refractivity (Wildman–Crippen MR) is 110 cm³/mol. The number of hydrogen-bond donors (Lipinski definition) is 3. The Bertz CT molecular complexity index is 1030. The summed E-state index contributed by atoms with van der Waals surface area (Å²) in [5.74, 6) is -0.887. The van der Waals surface area contributed by atoms with E-state index < -0.39 is 21.5 Å². The zero-order valence-corrected chi connectivity index (χ0v) is 17.5. The molecule has 2 aromatic rings. The zero-order valence-electron chi connectivity index (χ0n) is 16.6. The maximum Gasteiger partial charge on any atom is 0.255 e. The largest absolute Gasteiger partial charge is 0.396 e. The number of carbonyl (C=O) groups excluding carboxylic acids is 1. The van der Waals surface area contributed by atoms with E-state index in [0.29, 0.717) is 11.3 Å². The molecule has 7 nitrogen and oxygen atoms in total. The summed E-state index contributed by atoms with van der Waals surface area (Å²) in [7, 11) is -3.84. The smallest absolute Gasteiger partial charge is 0.255 e. The van der Waals surface area contributed by atoms with Crippen LogP contribution in [0.3, 0.4) is 0 Å². The Hall–Kier alpha value is -2.33. The number of amides is 1. The van der Waals surface area contributed by atoms with E-state index in [1.54, 1.807) is 6.92 Å². The first-order valence-electron chi connectivity index (χ1n) is 9.66. The van der Waals surface area contributed by atoms with Gasteiger partial charge in [-0.1, -0.05) is 6.07 Å². The highest BCUT2D eigenvalue weighted by Crippen LogP contribution is 2.29. The van der Waals surface area contributed by atoms with Crippen LogP contribution in [-0.4, -0.2) is 54.1 Å².